The number of fused-ring (bicyclic) bond motifs is 1. The van der Waals surface area contributed by atoms with E-state index in [1.165, 1.54) is 0 Å². The van der Waals surface area contributed by atoms with Crippen molar-refractivity contribution in [2.24, 2.45) is 0 Å². The van der Waals surface area contributed by atoms with Crippen molar-refractivity contribution in [2.45, 2.75) is 38.9 Å². The molecule has 1 unspecified atom stereocenters. The highest BCUT2D eigenvalue weighted by Gasteiger charge is 2.21. The van der Waals surface area contributed by atoms with E-state index >= 15 is 0 Å². The van der Waals surface area contributed by atoms with Gasteiger partial charge in [-0.25, -0.2) is 0 Å². The normalized spacial score (nSPS) is 15.3. The Kier molecular flexibility index (Phi) is 3.96. The summed E-state index contributed by atoms with van der Waals surface area (Å²) in [7, 11) is 0. The lowest BCUT2D eigenvalue weighted by Gasteiger charge is -2.14. The molecule has 0 fully saturated rings. The van der Waals surface area contributed by atoms with Gasteiger partial charge in [-0.2, -0.15) is 0 Å². The molecule has 1 aliphatic rings. The third-order valence-electron chi connectivity index (χ3n) is 3.63. The molecule has 1 aromatic carbocycles. The monoisotopic (exact) mass is 310 g/mol. The number of aryl methyl sites for hydroxylation is 1. The van der Waals surface area contributed by atoms with E-state index in [4.69, 9.17) is 23.2 Å². The second-order valence-electron chi connectivity index (χ2n) is 5.07. The number of aromatic nitrogens is 3. The molecule has 20 heavy (non-hydrogen) atoms. The van der Waals surface area contributed by atoms with Gasteiger partial charge < -0.3 is 9.88 Å². The van der Waals surface area contributed by atoms with Gasteiger partial charge in [-0.1, -0.05) is 23.2 Å². The summed E-state index contributed by atoms with van der Waals surface area (Å²) in [5.41, 5.74) is 0.993. The highest BCUT2D eigenvalue weighted by molar-refractivity contribution is 6.33. The maximum absolute atomic E-state index is 6.17. The topological polar surface area (TPSA) is 42.7 Å². The molecule has 1 aliphatic heterocycles. The van der Waals surface area contributed by atoms with Crippen molar-refractivity contribution in [3.8, 4) is 0 Å². The van der Waals surface area contributed by atoms with E-state index in [9.17, 15) is 0 Å². The standard InChI is InChI=1S/C14H16Cl2N4/c1-9(14-19-18-13-3-2-6-20(13)14)17-8-10-7-11(15)4-5-12(10)16/h4-5,7,9,17H,2-3,6,8H2,1H3. The predicted molar refractivity (Wildman–Crippen MR) is 80.1 cm³/mol. The van der Waals surface area contributed by atoms with E-state index in [0.717, 1.165) is 41.6 Å². The molecule has 0 spiro atoms. The highest BCUT2D eigenvalue weighted by Crippen LogP contribution is 2.22. The second-order valence-corrected chi connectivity index (χ2v) is 5.91. The van der Waals surface area contributed by atoms with Gasteiger partial charge >= 0.3 is 0 Å². The van der Waals surface area contributed by atoms with Gasteiger partial charge in [0.2, 0.25) is 0 Å². The Labute approximate surface area is 128 Å². The lowest BCUT2D eigenvalue weighted by molar-refractivity contribution is 0.516. The van der Waals surface area contributed by atoms with Gasteiger partial charge in [-0.3, -0.25) is 0 Å². The van der Waals surface area contributed by atoms with Crippen molar-refractivity contribution in [3.05, 3.63) is 45.5 Å². The smallest absolute Gasteiger partial charge is 0.149 e. The van der Waals surface area contributed by atoms with Crippen molar-refractivity contribution >= 4 is 23.2 Å². The maximum atomic E-state index is 6.17. The molecule has 0 saturated heterocycles. The molecule has 2 aromatic rings. The van der Waals surface area contributed by atoms with E-state index in [2.05, 4.69) is 27.0 Å². The van der Waals surface area contributed by atoms with Crippen LogP contribution in [0.5, 0.6) is 0 Å². The molecule has 3 rings (SSSR count). The summed E-state index contributed by atoms with van der Waals surface area (Å²) in [6.07, 6.45) is 2.19. The molecule has 2 heterocycles. The van der Waals surface area contributed by atoms with Gasteiger partial charge in [0.25, 0.3) is 0 Å². The molecule has 0 bridgehead atoms. The van der Waals surface area contributed by atoms with Gasteiger partial charge in [0.15, 0.2) is 0 Å². The molecule has 6 heteroatoms. The van der Waals surface area contributed by atoms with Crippen LogP contribution in [-0.4, -0.2) is 14.8 Å². The fourth-order valence-electron chi connectivity index (χ4n) is 2.53. The van der Waals surface area contributed by atoms with Crippen LogP contribution in [0.15, 0.2) is 18.2 Å². The zero-order chi connectivity index (χ0) is 14.1. The molecule has 4 nitrogen and oxygen atoms in total. The van der Waals surface area contributed by atoms with Gasteiger partial charge in [0.1, 0.15) is 11.6 Å². The van der Waals surface area contributed by atoms with E-state index in [-0.39, 0.29) is 6.04 Å². The SMILES string of the molecule is CC(NCc1cc(Cl)ccc1Cl)c1nnc2n1CCC2. The van der Waals surface area contributed by atoms with Crippen LogP contribution in [0.1, 0.15) is 36.6 Å². The molecule has 0 saturated carbocycles. The van der Waals surface area contributed by atoms with Crippen molar-refractivity contribution in [1.29, 1.82) is 0 Å². The summed E-state index contributed by atoms with van der Waals surface area (Å²) < 4.78 is 2.21. The minimum atomic E-state index is 0.129. The fraction of sp³-hybridized carbons (Fsp3) is 0.429. The lowest BCUT2D eigenvalue weighted by Crippen LogP contribution is -2.21. The van der Waals surface area contributed by atoms with Crippen molar-refractivity contribution < 1.29 is 0 Å². The molecule has 0 amide bonds. The van der Waals surface area contributed by atoms with Crippen LogP contribution in [0.2, 0.25) is 10.0 Å². The van der Waals surface area contributed by atoms with Crippen LogP contribution >= 0.6 is 23.2 Å². The van der Waals surface area contributed by atoms with Crippen LogP contribution in [0.4, 0.5) is 0 Å². The Hall–Kier alpha value is -1.10. The maximum Gasteiger partial charge on any atom is 0.149 e. The first-order valence-corrected chi connectivity index (χ1v) is 7.50. The van der Waals surface area contributed by atoms with Crippen LogP contribution in [0.3, 0.4) is 0 Å². The fourth-order valence-corrected chi connectivity index (χ4v) is 2.91. The van der Waals surface area contributed by atoms with Gasteiger partial charge in [0, 0.05) is 29.6 Å². The predicted octanol–water partition coefficient (Wildman–Crippen LogP) is 3.38. The third-order valence-corrected chi connectivity index (χ3v) is 4.24. The summed E-state index contributed by atoms with van der Waals surface area (Å²) >= 11 is 12.2. The lowest BCUT2D eigenvalue weighted by atomic mass is 10.2. The Bertz CT molecular complexity index is 624. The Morgan fingerprint density at radius 1 is 1.35 bits per heavy atom. The summed E-state index contributed by atoms with van der Waals surface area (Å²) in [4.78, 5) is 0. The Morgan fingerprint density at radius 3 is 3.05 bits per heavy atom. The quantitative estimate of drug-likeness (QED) is 0.941. The second kappa shape index (κ2) is 5.72. The van der Waals surface area contributed by atoms with Crippen molar-refractivity contribution in [3.63, 3.8) is 0 Å². The van der Waals surface area contributed by atoms with Crippen LogP contribution in [0, 0.1) is 0 Å². The number of nitrogens with one attached hydrogen (secondary N) is 1. The number of rotatable bonds is 4. The number of benzene rings is 1. The first-order chi connectivity index (χ1) is 9.65. The molecule has 1 atom stereocenters. The summed E-state index contributed by atoms with van der Waals surface area (Å²) in [6.45, 7) is 3.76. The minimum Gasteiger partial charge on any atom is -0.314 e. The first-order valence-electron chi connectivity index (χ1n) is 6.74. The Balaban J connectivity index is 1.70. The average Bonchev–Trinajstić information content (AvgIpc) is 3.02. The average molecular weight is 311 g/mol. The summed E-state index contributed by atoms with van der Waals surface area (Å²) in [6, 6.07) is 5.63. The molecular weight excluding hydrogens is 295 g/mol. The van der Waals surface area contributed by atoms with Crippen LogP contribution < -0.4 is 5.32 Å². The molecule has 0 radical (unpaired) electrons. The number of nitrogens with zero attached hydrogens (tertiary/aromatic N) is 3. The number of halogens is 2. The van der Waals surface area contributed by atoms with Crippen LogP contribution in [-0.2, 0) is 19.5 Å². The van der Waals surface area contributed by atoms with Crippen molar-refractivity contribution in [1.82, 2.24) is 20.1 Å². The molecule has 0 aliphatic carbocycles. The number of hydrogen-bond donors (Lipinski definition) is 1. The molecule has 1 N–H and O–H groups in total. The van der Waals surface area contributed by atoms with Gasteiger partial charge in [0.05, 0.1) is 6.04 Å². The van der Waals surface area contributed by atoms with E-state index < -0.39 is 0 Å². The van der Waals surface area contributed by atoms with E-state index in [0.29, 0.717) is 11.6 Å². The summed E-state index contributed by atoms with van der Waals surface area (Å²) in [5.74, 6) is 2.09. The van der Waals surface area contributed by atoms with Gasteiger partial charge in [-0.05, 0) is 37.1 Å². The Morgan fingerprint density at radius 2 is 2.20 bits per heavy atom. The molecular formula is C14H16Cl2N4. The minimum absolute atomic E-state index is 0.129. The first kappa shape index (κ1) is 13.9. The van der Waals surface area contributed by atoms with Crippen LogP contribution in [0.25, 0.3) is 0 Å². The number of hydrogen-bond acceptors (Lipinski definition) is 3. The highest BCUT2D eigenvalue weighted by atomic mass is 35.5. The third kappa shape index (κ3) is 2.68. The van der Waals surface area contributed by atoms with E-state index in [1.54, 1.807) is 6.07 Å². The van der Waals surface area contributed by atoms with Crippen molar-refractivity contribution in [2.75, 3.05) is 0 Å². The van der Waals surface area contributed by atoms with E-state index in [1.807, 2.05) is 12.1 Å². The van der Waals surface area contributed by atoms with Gasteiger partial charge in [-0.15, -0.1) is 10.2 Å². The zero-order valence-corrected chi connectivity index (χ0v) is 12.7. The molecule has 1 aromatic heterocycles. The zero-order valence-electron chi connectivity index (χ0n) is 11.2. The summed E-state index contributed by atoms with van der Waals surface area (Å²) in [5, 5.41) is 13.4. The largest absolute Gasteiger partial charge is 0.314 e. The molecule has 106 valence electrons.